The Morgan fingerprint density at radius 1 is 0.382 bits per heavy atom. The molecule has 11 heterocycles. The molecule has 0 aromatic carbocycles. The molecular weight excluding hydrogens is 1950 g/mol. The van der Waals surface area contributed by atoms with Crippen molar-refractivity contribution >= 4 is 175 Å². The van der Waals surface area contributed by atoms with Crippen LogP contribution in [-0.4, -0.2) is 87.0 Å². The molecule has 0 saturated heterocycles. The fourth-order valence-electron chi connectivity index (χ4n) is 19.2. The number of pyridine rings is 1. The van der Waals surface area contributed by atoms with Gasteiger partial charge in [0, 0.05) is 118 Å². The van der Waals surface area contributed by atoms with Crippen molar-refractivity contribution in [1.29, 1.82) is 0 Å². The number of carbonyl (C=O) groups is 8. The topological polar surface area (TPSA) is 292 Å². The number of amides is 8. The smallest absolute Gasteiger partial charge is 0.433 e. The molecule has 19 rings (SSSR count). The highest BCUT2D eigenvalue weighted by atomic mass is 79.9. The molecule has 35 heteroatoms. The minimum absolute atomic E-state index is 0.194. The van der Waals surface area contributed by atoms with Gasteiger partial charge in [-0.2, -0.15) is 13.2 Å². The fourth-order valence-corrected chi connectivity index (χ4v) is 30.5. The summed E-state index contributed by atoms with van der Waals surface area (Å²) in [5, 5.41) is 28.5. The third-order valence-corrected chi connectivity index (χ3v) is 36.4. The monoisotopic (exact) mass is 2070 g/mol. The zero-order valence-electron chi connectivity index (χ0n) is 78.0. The molecule has 8 aliphatic rings. The van der Waals surface area contributed by atoms with E-state index in [0.29, 0.717) is 67.5 Å². The molecule has 136 heavy (non-hydrogen) atoms. The minimum atomic E-state index is -4.51. The predicted molar refractivity (Wildman–Crippen MR) is 543 cm³/mol. The van der Waals surface area contributed by atoms with E-state index in [1.54, 1.807) is 22.7 Å². The molecule has 0 atom stereocenters. The maximum absolute atomic E-state index is 13.1. The number of methoxy groups -OCH3 is 1. The van der Waals surface area contributed by atoms with Gasteiger partial charge in [0.15, 0.2) is 0 Å². The highest BCUT2D eigenvalue weighted by Crippen LogP contribution is 2.48. The third kappa shape index (κ3) is 23.6. The number of esters is 4. The average molecular weight is 2070 g/mol. The molecule has 0 radical (unpaired) electrons. The second-order valence-corrected chi connectivity index (χ2v) is 47.0. The van der Waals surface area contributed by atoms with E-state index in [4.69, 9.17) is 18.9 Å². The normalized spacial score (nSPS) is 15.2. The average Bonchev–Trinajstić information content (AvgIpc) is 1.65. The van der Waals surface area contributed by atoms with Gasteiger partial charge in [-0.05, 0) is 362 Å². The highest BCUT2D eigenvalue weighted by Gasteiger charge is 2.37. The first-order valence-electron chi connectivity index (χ1n) is 47.5. The molecule has 0 unspecified atom stereocenters. The lowest BCUT2D eigenvalue weighted by Crippen LogP contribution is -2.30. The molecule has 0 aliphatic heterocycles. The number of fused-ring (bicyclic) bond motifs is 8. The van der Waals surface area contributed by atoms with Crippen molar-refractivity contribution in [2.75, 3.05) is 28.4 Å². The summed E-state index contributed by atoms with van der Waals surface area (Å²) >= 11 is 16.7. The number of anilines is 4. The summed E-state index contributed by atoms with van der Waals surface area (Å²) in [6, 6.07) is 9.23. The second kappa shape index (κ2) is 44.8. The molecule has 0 bridgehead atoms. The number of hydrogen-bond donors (Lipinski definition) is 8. The van der Waals surface area contributed by atoms with Gasteiger partial charge in [-0.15, -0.1) is 90.7 Å². The molecule has 0 fully saturated rings. The Bertz CT molecular complexity index is 6190. The minimum Gasteiger partial charge on any atom is -0.465 e. The van der Waals surface area contributed by atoms with Gasteiger partial charge < -0.3 is 49.3 Å². The van der Waals surface area contributed by atoms with Gasteiger partial charge in [0.05, 0.1) is 45.4 Å². The summed E-state index contributed by atoms with van der Waals surface area (Å²) in [6.07, 6.45) is 37.9. The van der Waals surface area contributed by atoms with Crippen LogP contribution in [0.25, 0.3) is 20.4 Å². The number of nitrogens with zero attached hydrogens (tertiary/aromatic N) is 3. The second-order valence-electron chi connectivity index (χ2n) is 36.9. The molecule has 8 N–H and O–H groups in total. The van der Waals surface area contributed by atoms with Crippen LogP contribution in [0.3, 0.4) is 0 Å². The number of rotatable bonds is 21. The molecule has 724 valence electrons. The number of ether oxygens (including phenoxy) is 4. The van der Waals surface area contributed by atoms with E-state index in [9.17, 15) is 51.5 Å². The summed E-state index contributed by atoms with van der Waals surface area (Å²) in [5.41, 5.74) is 15.0. The van der Waals surface area contributed by atoms with Crippen LogP contribution in [-0.2, 0) is 154 Å². The summed E-state index contributed by atoms with van der Waals surface area (Å²) in [4.78, 5) is 118. The summed E-state index contributed by atoms with van der Waals surface area (Å²) in [7, 11) is 1.39. The Morgan fingerprint density at radius 3 is 1.01 bits per heavy atom. The predicted octanol–water partition coefficient (Wildman–Crippen LogP) is 25.9. The molecule has 8 amide bonds. The standard InChI is InChI=1S/C29H32F3N3O3S2.C26H31N3O3S2.C24H27N3O3S2.C22H27BrN2O3S2/c1-28(2,3)38-26(36)23-18-9-5-7-11-21(18)40-25(23)35-27(37)34-15-19-17-8-4-6-10-20(17)39-24(19)16-12-13-22(33-14-16)29(30,31)32;1-16(2)32-25(30)22-18-10-4-6-12-21(18)33-23(22)28-26(31)27-15-19-17-9-3-5-11-20(17)34-24(19)29-13-7-8-14-29;1-30-23(28)20-16-9-3-5-11-19(16)31-21(20)26-24(29)25-14-17-15-8-2-4-10-18(15)32-22(17)27-12-6-7-13-27;1-12(2)28-21(26)18-14-8-4-6-10-17(14)30-20(18)25-22(27)24-11-15-13-7-3-5-9-16(13)29-19(15)23/h12-14H,4-11,15H2,1-3H3,(H2,34,35,37);7-8,13-14,16H,3-6,9-12,15H2,1-2H3,(H2,27,28,31);6-7,12-13H,2-5,8-11,14H2,1H3,(H2,25,26,29);12H,3-11H2,1-2H3,(H2,24,25,27). The number of alkyl halides is 3. The van der Waals surface area contributed by atoms with E-state index in [1.165, 1.54) is 181 Å². The number of aryl methyl sites for hydroxylation is 8. The first-order chi connectivity index (χ1) is 65.5. The van der Waals surface area contributed by atoms with E-state index < -0.39 is 29.5 Å². The Balaban J connectivity index is 0.000000132. The van der Waals surface area contributed by atoms with Crippen LogP contribution < -0.4 is 42.5 Å². The van der Waals surface area contributed by atoms with Crippen molar-refractivity contribution < 1.29 is 70.5 Å². The van der Waals surface area contributed by atoms with E-state index in [0.717, 1.165) is 220 Å². The third-order valence-electron chi connectivity index (χ3n) is 25.4. The van der Waals surface area contributed by atoms with Gasteiger partial charge in [-0.1, -0.05) is 0 Å². The van der Waals surface area contributed by atoms with Gasteiger partial charge >= 0.3 is 54.2 Å². The van der Waals surface area contributed by atoms with Crippen molar-refractivity contribution in [3.63, 3.8) is 0 Å². The van der Waals surface area contributed by atoms with Gasteiger partial charge in [0.25, 0.3) is 0 Å². The van der Waals surface area contributed by atoms with Gasteiger partial charge in [-0.25, -0.2) is 38.4 Å². The van der Waals surface area contributed by atoms with Crippen LogP contribution in [0.2, 0.25) is 0 Å². The van der Waals surface area contributed by atoms with Crippen molar-refractivity contribution in [1.82, 2.24) is 35.4 Å². The van der Waals surface area contributed by atoms with Crippen molar-refractivity contribution in [3.05, 3.63) is 205 Å². The quantitative estimate of drug-likeness (QED) is 0.0246. The summed E-state index contributed by atoms with van der Waals surface area (Å²) in [5.74, 6) is -1.49. The Morgan fingerprint density at radius 2 is 0.676 bits per heavy atom. The van der Waals surface area contributed by atoms with E-state index in [2.05, 4.69) is 97.4 Å². The van der Waals surface area contributed by atoms with Crippen LogP contribution in [0, 0.1) is 0 Å². The van der Waals surface area contributed by atoms with Crippen molar-refractivity contribution in [2.24, 2.45) is 0 Å². The van der Waals surface area contributed by atoms with E-state index in [-0.39, 0.29) is 54.8 Å². The van der Waals surface area contributed by atoms with E-state index >= 15 is 0 Å². The lowest BCUT2D eigenvalue weighted by atomic mass is 9.94. The Labute approximate surface area is 831 Å². The summed E-state index contributed by atoms with van der Waals surface area (Å²) < 4.78 is 66.3. The van der Waals surface area contributed by atoms with E-state index in [1.807, 2.05) is 95.4 Å². The molecule has 0 spiro atoms. The molecule has 11 aromatic rings. The molecular formula is C101H117BrF3N11O12S8. The fraction of sp³-hybridized carbons (Fsp3) is 0.475. The van der Waals surface area contributed by atoms with Crippen molar-refractivity contribution in [2.45, 2.75) is 304 Å². The Hall–Kier alpha value is -9.46. The first-order valence-corrected chi connectivity index (χ1v) is 54.8. The highest BCUT2D eigenvalue weighted by molar-refractivity contribution is 9.11. The van der Waals surface area contributed by atoms with Crippen LogP contribution in [0.4, 0.5) is 52.4 Å². The van der Waals surface area contributed by atoms with Gasteiger partial charge in [-0.3, -0.25) is 26.3 Å². The van der Waals surface area contributed by atoms with Gasteiger partial charge in [0.2, 0.25) is 0 Å². The number of hydrogen-bond acceptors (Lipinski definition) is 21. The number of urea groups is 4. The number of halogens is 4. The summed E-state index contributed by atoms with van der Waals surface area (Å²) in [6.45, 7) is 14.4. The molecule has 23 nitrogen and oxygen atoms in total. The first kappa shape index (κ1) is 99.5. The zero-order chi connectivity index (χ0) is 95.6. The maximum atomic E-state index is 13.1. The molecule has 0 saturated carbocycles. The lowest BCUT2D eigenvalue weighted by Gasteiger charge is -2.21. The van der Waals surface area contributed by atoms with Crippen LogP contribution in [0.1, 0.15) is 304 Å². The van der Waals surface area contributed by atoms with Gasteiger partial charge in [0.1, 0.15) is 41.3 Å². The number of nitrogens with one attached hydrogen (secondary N) is 8. The number of aromatic nitrogens is 3. The largest absolute Gasteiger partial charge is 0.465 e. The number of thiophene rings is 8. The van der Waals surface area contributed by atoms with Crippen LogP contribution in [0.5, 0.6) is 0 Å². The SMILES string of the molecule is CC(C)(C)OC(=O)c1c(NC(=O)NCc2c(-c3ccc(C(F)(F)F)nc3)sc3c2CCCC3)sc2c1CCCC2.CC(C)OC(=O)c1c(NC(=O)NCc2c(-n3cccc3)sc3c2CCCC3)sc2c1CCCC2.CC(C)OC(=O)c1c(NC(=O)NCc2c(Br)sc3c2CCCC3)sc2c1CCCC2.COC(=O)c1c(NC(=O)NCc2c(-n3cccc3)sc3c2CCCC3)sc2c1CCCC2. The molecule has 11 aromatic heterocycles. The lowest BCUT2D eigenvalue weighted by molar-refractivity contribution is -0.141. The van der Waals surface area contributed by atoms with Crippen LogP contribution >= 0.6 is 107 Å². The van der Waals surface area contributed by atoms with Crippen molar-refractivity contribution in [3.8, 4) is 20.4 Å². The number of carbonyl (C=O) groups excluding carboxylic acids is 8. The Kier molecular flexibility index (Phi) is 32.8. The molecule has 8 aliphatic carbocycles. The van der Waals surface area contributed by atoms with Crippen LogP contribution in [0.15, 0.2) is 71.2 Å². The maximum Gasteiger partial charge on any atom is 0.433 e. The zero-order valence-corrected chi connectivity index (χ0v) is 86.1.